The lowest BCUT2D eigenvalue weighted by atomic mass is 10.0. The van der Waals surface area contributed by atoms with Gasteiger partial charge < -0.3 is 9.88 Å². The molecule has 23 heavy (non-hydrogen) atoms. The van der Waals surface area contributed by atoms with Crippen LogP contribution in [0.5, 0.6) is 0 Å². The van der Waals surface area contributed by atoms with Crippen LogP contribution in [-0.2, 0) is 17.8 Å². The molecule has 2 rings (SSSR count). The first kappa shape index (κ1) is 17.0. The van der Waals surface area contributed by atoms with Crippen molar-refractivity contribution < 1.29 is 4.79 Å². The van der Waals surface area contributed by atoms with Gasteiger partial charge in [0.05, 0.1) is 0 Å². The molecular weight excluding hydrogens is 288 g/mol. The van der Waals surface area contributed by atoms with Crippen molar-refractivity contribution >= 4 is 5.91 Å². The fraction of sp³-hybridized carbons (Fsp3) is 0.368. The Hall–Kier alpha value is -2.36. The average Bonchev–Trinajstić information content (AvgIpc) is 2.45. The van der Waals surface area contributed by atoms with Crippen molar-refractivity contribution in [2.45, 2.75) is 46.2 Å². The number of carbonyl (C=O) groups is 1. The maximum absolute atomic E-state index is 12.0. The van der Waals surface area contributed by atoms with E-state index in [1.54, 1.807) is 22.9 Å². The molecule has 0 radical (unpaired) electrons. The highest BCUT2D eigenvalue weighted by Gasteiger charge is 2.09. The van der Waals surface area contributed by atoms with E-state index in [1.807, 2.05) is 6.92 Å². The van der Waals surface area contributed by atoms with Crippen LogP contribution in [0.25, 0.3) is 0 Å². The molecule has 1 aromatic carbocycles. The number of pyridine rings is 1. The van der Waals surface area contributed by atoms with Crippen molar-refractivity contribution in [1.82, 2.24) is 9.88 Å². The molecule has 0 aliphatic heterocycles. The molecule has 0 fully saturated rings. The fourth-order valence-electron chi connectivity index (χ4n) is 2.81. The summed E-state index contributed by atoms with van der Waals surface area (Å²) >= 11 is 0. The van der Waals surface area contributed by atoms with E-state index in [4.69, 9.17) is 0 Å². The molecule has 0 aliphatic rings. The van der Waals surface area contributed by atoms with Gasteiger partial charge in [-0.1, -0.05) is 35.4 Å². The normalized spacial score (nSPS) is 12.0. The molecule has 1 aromatic heterocycles. The number of rotatable bonds is 6. The molecular formula is C19H24N2O2. The van der Waals surface area contributed by atoms with Gasteiger partial charge in [0.2, 0.25) is 5.91 Å². The highest BCUT2D eigenvalue weighted by atomic mass is 16.2. The lowest BCUT2D eigenvalue weighted by Gasteiger charge is -2.15. The van der Waals surface area contributed by atoms with Gasteiger partial charge in [0.15, 0.2) is 0 Å². The summed E-state index contributed by atoms with van der Waals surface area (Å²) in [6.45, 7) is 6.57. The minimum atomic E-state index is -0.0800. The molecule has 0 bridgehead atoms. The quantitative estimate of drug-likeness (QED) is 0.891. The van der Waals surface area contributed by atoms with Gasteiger partial charge in [0.25, 0.3) is 5.56 Å². The number of hydrogen-bond donors (Lipinski definition) is 1. The number of amides is 1. The number of carbonyl (C=O) groups excluding carboxylic acids is 1. The highest BCUT2D eigenvalue weighted by Crippen LogP contribution is 2.11. The van der Waals surface area contributed by atoms with Gasteiger partial charge in [0, 0.05) is 31.3 Å². The molecule has 1 N–H and O–H groups in total. The van der Waals surface area contributed by atoms with Crippen LogP contribution in [0.2, 0.25) is 0 Å². The van der Waals surface area contributed by atoms with E-state index in [1.165, 1.54) is 22.8 Å². The zero-order valence-corrected chi connectivity index (χ0v) is 14.0. The van der Waals surface area contributed by atoms with Gasteiger partial charge in [-0.15, -0.1) is 0 Å². The average molecular weight is 312 g/mol. The van der Waals surface area contributed by atoms with Gasteiger partial charge in [-0.2, -0.15) is 0 Å². The van der Waals surface area contributed by atoms with Crippen molar-refractivity contribution in [3.63, 3.8) is 0 Å². The van der Waals surface area contributed by atoms with Crippen molar-refractivity contribution in [1.29, 1.82) is 0 Å². The Morgan fingerprint density at radius 2 is 1.87 bits per heavy atom. The lowest BCUT2D eigenvalue weighted by molar-refractivity contribution is -0.121. The molecule has 1 heterocycles. The zero-order valence-electron chi connectivity index (χ0n) is 14.0. The maximum atomic E-state index is 12.0. The number of nitrogens with one attached hydrogen (secondary N) is 1. The SMILES string of the molecule is Cc1cc(C)cc(CC(C)NC(=O)CCn2ccccc2=O)c1. The van der Waals surface area contributed by atoms with E-state index in [0.717, 1.165) is 6.42 Å². The molecule has 0 saturated heterocycles. The van der Waals surface area contributed by atoms with Crippen LogP contribution < -0.4 is 10.9 Å². The van der Waals surface area contributed by atoms with Crippen LogP contribution in [0.3, 0.4) is 0 Å². The van der Waals surface area contributed by atoms with Crippen LogP contribution >= 0.6 is 0 Å². The van der Waals surface area contributed by atoms with Crippen molar-refractivity contribution in [3.05, 3.63) is 69.6 Å². The Labute approximate surface area is 137 Å². The maximum Gasteiger partial charge on any atom is 0.250 e. The van der Waals surface area contributed by atoms with Gasteiger partial charge in [0.1, 0.15) is 0 Å². The van der Waals surface area contributed by atoms with Crippen LogP contribution in [-0.4, -0.2) is 16.5 Å². The van der Waals surface area contributed by atoms with E-state index >= 15 is 0 Å². The van der Waals surface area contributed by atoms with Crippen LogP contribution in [0.15, 0.2) is 47.4 Å². The summed E-state index contributed by atoms with van der Waals surface area (Å²) in [6.07, 6.45) is 2.81. The van der Waals surface area contributed by atoms with Gasteiger partial charge >= 0.3 is 0 Å². The molecule has 4 nitrogen and oxygen atoms in total. The summed E-state index contributed by atoms with van der Waals surface area (Å²) in [4.78, 5) is 23.6. The first-order valence-corrected chi connectivity index (χ1v) is 7.96. The van der Waals surface area contributed by atoms with Crippen LogP contribution in [0.1, 0.15) is 30.0 Å². The third kappa shape index (κ3) is 5.40. The third-order valence-electron chi connectivity index (χ3n) is 3.71. The molecule has 1 unspecified atom stereocenters. The summed E-state index contributed by atoms with van der Waals surface area (Å²) in [7, 11) is 0. The summed E-state index contributed by atoms with van der Waals surface area (Å²) in [5.41, 5.74) is 3.63. The molecule has 1 atom stereocenters. The van der Waals surface area contributed by atoms with E-state index in [0.29, 0.717) is 13.0 Å². The Balaban J connectivity index is 1.85. The molecule has 2 aromatic rings. The second-order valence-electron chi connectivity index (χ2n) is 6.15. The molecule has 4 heteroatoms. The second-order valence-corrected chi connectivity index (χ2v) is 6.15. The molecule has 1 amide bonds. The summed E-state index contributed by atoms with van der Waals surface area (Å²) in [5, 5.41) is 3.00. The number of nitrogens with zero attached hydrogens (tertiary/aromatic N) is 1. The van der Waals surface area contributed by atoms with Crippen molar-refractivity contribution in [2.24, 2.45) is 0 Å². The molecule has 0 spiro atoms. The number of aryl methyl sites for hydroxylation is 3. The van der Waals surface area contributed by atoms with E-state index in [-0.39, 0.29) is 17.5 Å². The minimum Gasteiger partial charge on any atom is -0.353 e. The fourth-order valence-corrected chi connectivity index (χ4v) is 2.81. The summed E-state index contributed by atoms with van der Waals surface area (Å²) < 4.78 is 1.55. The standard InChI is InChI=1S/C19H24N2O2/c1-14-10-15(2)12-17(11-14)13-16(3)20-18(22)7-9-21-8-5-4-6-19(21)23/h4-6,8,10-12,16H,7,9,13H2,1-3H3,(H,20,22). The topological polar surface area (TPSA) is 51.1 Å². The lowest BCUT2D eigenvalue weighted by Crippen LogP contribution is -2.35. The van der Waals surface area contributed by atoms with Crippen molar-refractivity contribution in [2.75, 3.05) is 0 Å². The minimum absolute atomic E-state index is 0.0300. The number of aromatic nitrogens is 1. The second kappa shape index (κ2) is 7.77. The largest absolute Gasteiger partial charge is 0.353 e. The number of benzene rings is 1. The predicted octanol–water partition coefficient (Wildman–Crippen LogP) is 2.60. The van der Waals surface area contributed by atoms with Crippen molar-refractivity contribution in [3.8, 4) is 0 Å². The third-order valence-corrected chi connectivity index (χ3v) is 3.71. The van der Waals surface area contributed by atoms with Gasteiger partial charge in [-0.25, -0.2) is 0 Å². The van der Waals surface area contributed by atoms with Crippen LogP contribution in [0, 0.1) is 13.8 Å². The smallest absolute Gasteiger partial charge is 0.250 e. The van der Waals surface area contributed by atoms with Crippen LogP contribution in [0.4, 0.5) is 0 Å². The highest BCUT2D eigenvalue weighted by molar-refractivity contribution is 5.76. The Bertz CT molecular complexity index is 714. The first-order chi connectivity index (χ1) is 10.9. The summed E-state index contributed by atoms with van der Waals surface area (Å²) in [6, 6.07) is 11.5. The van der Waals surface area contributed by atoms with E-state index < -0.39 is 0 Å². The summed E-state index contributed by atoms with van der Waals surface area (Å²) in [5.74, 6) is -0.0300. The first-order valence-electron chi connectivity index (χ1n) is 7.96. The van der Waals surface area contributed by atoms with Gasteiger partial charge in [-0.05, 0) is 38.8 Å². The van der Waals surface area contributed by atoms with E-state index in [9.17, 15) is 9.59 Å². The molecule has 0 aliphatic carbocycles. The Morgan fingerprint density at radius 3 is 2.52 bits per heavy atom. The number of hydrogen-bond acceptors (Lipinski definition) is 2. The van der Waals surface area contributed by atoms with Gasteiger partial charge in [-0.3, -0.25) is 9.59 Å². The Kier molecular flexibility index (Phi) is 5.74. The van der Waals surface area contributed by atoms with E-state index in [2.05, 4.69) is 37.4 Å². The Morgan fingerprint density at radius 1 is 1.17 bits per heavy atom. The monoisotopic (exact) mass is 312 g/mol. The predicted molar refractivity (Wildman–Crippen MR) is 92.5 cm³/mol. The zero-order chi connectivity index (χ0) is 16.8. The molecule has 0 saturated carbocycles. The molecule has 122 valence electrons.